The molecular weight excluding hydrogens is 248 g/mol. The van der Waals surface area contributed by atoms with E-state index in [4.69, 9.17) is 9.52 Å². The van der Waals surface area contributed by atoms with Gasteiger partial charge in [0.25, 0.3) is 0 Å². The molecule has 0 saturated carbocycles. The number of rotatable bonds is 4. The van der Waals surface area contributed by atoms with Crippen LogP contribution < -0.4 is 0 Å². The molecule has 0 saturated heterocycles. The average Bonchev–Trinajstić information content (AvgIpc) is 2.76. The molecule has 0 fully saturated rings. The molecule has 0 aliphatic carbocycles. The second-order valence-corrected chi connectivity index (χ2v) is 5.15. The highest BCUT2D eigenvalue weighted by Gasteiger charge is 2.14. The van der Waals surface area contributed by atoms with Gasteiger partial charge in [-0.3, -0.25) is 0 Å². The fourth-order valence-corrected chi connectivity index (χ4v) is 2.74. The van der Waals surface area contributed by atoms with Gasteiger partial charge in [0, 0.05) is 16.2 Å². The Bertz CT molecular complexity index is 572. The zero-order chi connectivity index (χ0) is 13.1. The Morgan fingerprint density at radius 1 is 1.33 bits per heavy atom. The molecule has 2 rings (SSSR count). The van der Waals surface area contributed by atoms with Crippen LogP contribution in [0.5, 0.6) is 0 Å². The topological polar surface area (TPSA) is 50.4 Å². The first-order chi connectivity index (χ1) is 8.58. The van der Waals surface area contributed by atoms with Crippen molar-refractivity contribution in [2.24, 2.45) is 0 Å². The van der Waals surface area contributed by atoms with E-state index in [1.165, 1.54) is 17.4 Å². The van der Waals surface area contributed by atoms with Gasteiger partial charge in [-0.15, -0.1) is 11.8 Å². The Kier molecular flexibility index (Phi) is 3.77. The number of aryl methyl sites for hydroxylation is 2. The van der Waals surface area contributed by atoms with Crippen LogP contribution in [0, 0.1) is 13.8 Å². The van der Waals surface area contributed by atoms with Gasteiger partial charge in [-0.25, -0.2) is 4.79 Å². The first kappa shape index (κ1) is 12.8. The van der Waals surface area contributed by atoms with Crippen molar-refractivity contribution in [1.82, 2.24) is 0 Å². The lowest BCUT2D eigenvalue weighted by Crippen LogP contribution is -1.97. The van der Waals surface area contributed by atoms with Gasteiger partial charge in [0.15, 0.2) is 0 Å². The number of hydrogen-bond acceptors (Lipinski definition) is 3. The van der Waals surface area contributed by atoms with Crippen LogP contribution in [-0.4, -0.2) is 11.1 Å². The van der Waals surface area contributed by atoms with E-state index in [-0.39, 0.29) is 5.76 Å². The summed E-state index contributed by atoms with van der Waals surface area (Å²) in [6.07, 6.45) is 1.42. The Morgan fingerprint density at radius 3 is 2.78 bits per heavy atom. The van der Waals surface area contributed by atoms with Gasteiger partial charge in [0.05, 0.1) is 6.26 Å². The Morgan fingerprint density at radius 2 is 2.11 bits per heavy atom. The molecule has 1 heterocycles. The van der Waals surface area contributed by atoms with E-state index < -0.39 is 5.97 Å². The SMILES string of the molecule is Cc1ccc(SCc2ccoc2C(=O)O)c(C)c1. The number of carbonyl (C=O) groups is 1. The number of furan rings is 1. The third-order valence-corrected chi connectivity index (χ3v) is 3.88. The van der Waals surface area contributed by atoms with Gasteiger partial charge >= 0.3 is 5.97 Å². The van der Waals surface area contributed by atoms with Crippen LogP contribution in [0.2, 0.25) is 0 Å². The third-order valence-electron chi connectivity index (χ3n) is 2.65. The van der Waals surface area contributed by atoms with Crippen molar-refractivity contribution < 1.29 is 14.3 Å². The molecule has 1 N–H and O–H groups in total. The average molecular weight is 262 g/mol. The summed E-state index contributed by atoms with van der Waals surface area (Å²) in [4.78, 5) is 12.1. The molecule has 0 amide bonds. The minimum Gasteiger partial charge on any atom is -0.475 e. The summed E-state index contributed by atoms with van der Waals surface area (Å²) in [5, 5.41) is 8.94. The quantitative estimate of drug-likeness (QED) is 0.849. The summed E-state index contributed by atoms with van der Waals surface area (Å²) in [6, 6.07) is 7.95. The molecule has 3 nitrogen and oxygen atoms in total. The van der Waals surface area contributed by atoms with Crippen molar-refractivity contribution >= 4 is 17.7 Å². The lowest BCUT2D eigenvalue weighted by molar-refractivity contribution is 0.0661. The Labute approximate surface area is 110 Å². The van der Waals surface area contributed by atoms with E-state index in [0.717, 1.165) is 4.90 Å². The summed E-state index contributed by atoms with van der Waals surface area (Å²) in [7, 11) is 0. The second kappa shape index (κ2) is 5.31. The molecule has 0 aliphatic heterocycles. The lowest BCUT2D eigenvalue weighted by Gasteiger charge is -2.06. The van der Waals surface area contributed by atoms with Crippen LogP contribution in [0.3, 0.4) is 0 Å². The fraction of sp³-hybridized carbons (Fsp3) is 0.214. The van der Waals surface area contributed by atoms with Gasteiger partial charge in [-0.1, -0.05) is 17.7 Å². The Hall–Kier alpha value is -1.68. The Balaban J connectivity index is 2.11. The van der Waals surface area contributed by atoms with Crippen LogP contribution in [0.25, 0.3) is 0 Å². The number of hydrogen-bond donors (Lipinski definition) is 1. The maximum Gasteiger partial charge on any atom is 0.372 e. The normalized spacial score (nSPS) is 10.6. The van der Waals surface area contributed by atoms with Crippen LogP contribution in [-0.2, 0) is 5.75 Å². The monoisotopic (exact) mass is 262 g/mol. The zero-order valence-corrected chi connectivity index (χ0v) is 11.1. The molecule has 1 aromatic carbocycles. The summed E-state index contributed by atoms with van der Waals surface area (Å²) in [5.74, 6) is -0.384. The third kappa shape index (κ3) is 2.76. The predicted molar refractivity (Wildman–Crippen MR) is 71.1 cm³/mol. The molecule has 0 aliphatic rings. The molecule has 1 aromatic heterocycles. The summed E-state index contributed by atoms with van der Waals surface area (Å²) < 4.78 is 4.95. The number of benzene rings is 1. The van der Waals surface area contributed by atoms with E-state index in [1.54, 1.807) is 17.8 Å². The van der Waals surface area contributed by atoms with Crippen LogP contribution >= 0.6 is 11.8 Å². The maximum atomic E-state index is 10.9. The second-order valence-electron chi connectivity index (χ2n) is 4.14. The largest absolute Gasteiger partial charge is 0.475 e. The minimum absolute atomic E-state index is 0.0345. The van der Waals surface area contributed by atoms with Gasteiger partial charge < -0.3 is 9.52 Å². The standard InChI is InChI=1S/C14H14O3S/c1-9-3-4-12(10(2)7-9)18-8-11-5-6-17-13(11)14(15)16/h3-7H,8H2,1-2H3,(H,15,16). The van der Waals surface area contributed by atoms with Crippen molar-refractivity contribution in [3.8, 4) is 0 Å². The molecule has 4 heteroatoms. The van der Waals surface area contributed by atoms with Gasteiger partial charge in [-0.2, -0.15) is 0 Å². The highest BCUT2D eigenvalue weighted by molar-refractivity contribution is 7.98. The van der Waals surface area contributed by atoms with Crippen molar-refractivity contribution in [3.63, 3.8) is 0 Å². The molecular formula is C14H14O3S. The van der Waals surface area contributed by atoms with Crippen molar-refractivity contribution in [1.29, 1.82) is 0 Å². The zero-order valence-electron chi connectivity index (χ0n) is 10.3. The summed E-state index contributed by atoms with van der Waals surface area (Å²) >= 11 is 1.62. The fourth-order valence-electron chi connectivity index (χ4n) is 1.75. The first-order valence-corrected chi connectivity index (χ1v) is 6.56. The molecule has 0 atom stereocenters. The van der Waals surface area contributed by atoms with Crippen LogP contribution in [0.15, 0.2) is 39.8 Å². The molecule has 0 bridgehead atoms. The number of carboxylic acid groups (broad SMARTS) is 1. The number of aromatic carboxylic acids is 1. The minimum atomic E-state index is -1.02. The first-order valence-electron chi connectivity index (χ1n) is 5.57. The maximum absolute atomic E-state index is 10.9. The van der Waals surface area contributed by atoms with Crippen LogP contribution in [0.4, 0.5) is 0 Å². The highest BCUT2D eigenvalue weighted by Crippen LogP contribution is 2.28. The summed E-state index contributed by atoms with van der Waals surface area (Å²) in [5.41, 5.74) is 3.15. The predicted octanol–water partition coefficient (Wildman–Crippen LogP) is 3.89. The number of thioether (sulfide) groups is 1. The van der Waals surface area contributed by atoms with Gasteiger partial charge in [0.1, 0.15) is 0 Å². The van der Waals surface area contributed by atoms with Crippen molar-refractivity contribution in [3.05, 3.63) is 53.0 Å². The van der Waals surface area contributed by atoms with Gasteiger partial charge in [-0.05, 0) is 31.5 Å². The smallest absolute Gasteiger partial charge is 0.372 e. The van der Waals surface area contributed by atoms with E-state index >= 15 is 0 Å². The van der Waals surface area contributed by atoms with E-state index in [1.807, 2.05) is 0 Å². The number of carboxylic acids is 1. The van der Waals surface area contributed by atoms with Crippen molar-refractivity contribution in [2.75, 3.05) is 0 Å². The van der Waals surface area contributed by atoms with E-state index in [2.05, 4.69) is 32.0 Å². The summed E-state index contributed by atoms with van der Waals surface area (Å²) in [6.45, 7) is 4.11. The van der Waals surface area contributed by atoms with Crippen LogP contribution in [0.1, 0.15) is 27.2 Å². The molecule has 0 unspecified atom stereocenters. The lowest BCUT2D eigenvalue weighted by atomic mass is 10.2. The van der Waals surface area contributed by atoms with E-state index in [0.29, 0.717) is 11.3 Å². The molecule has 2 aromatic rings. The molecule has 18 heavy (non-hydrogen) atoms. The molecule has 0 radical (unpaired) electrons. The van der Waals surface area contributed by atoms with E-state index in [9.17, 15) is 4.79 Å². The molecule has 0 spiro atoms. The highest BCUT2D eigenvalue weighted by atomic mass is 32.2. The van der Waals surface area contributed by atoms with Crippen molar-refractivity contribution in [2.45, 2.75) is 24.5 Å². The van der Waals surface area contributed by atoms with Gasteiger partial charge in [0.2, 0.25) is 5.76 Å². The molecule has 94 valence electrons.